The Kier molecular flexibility index (Phi) is 3.93. The zero-order valence-electron chi connectivity index (χ0n) is 9.49. The third-order valence-corrected chi connectivity index (χ3v) is 3.14. The molecular formula is C11H22N2O. The van der Waals surface area contributed by atoms with Crippen molar-refractivity contribution >= 4 is 5.91 Å². The molecule has 1 saturated heterocycles. The van der Waals surface area contributed by atoms with Gasteiger partial charge in [-0.2, -0.15) is 0 Å². The van der Waals surface area contributed by atoms with E-state index in [1.807, 2.05) is 18.7 Å². The van der Waals surface area contributed by atoms with Crippen LogP contribution in [0.5, 0.6) is 0 Å². The van der Waals surface area contributed by atoms with E-state index in [4.69, 9.17) is 5.73 Å². The van der Waals surface area contributed by atoms with Crippen LogP contribution in [0.3, 0.4) is 0 Å². The summed E-state index contributed by atoms with van der Waals surface area (Å²) in [6.07, 6.45) is 2.20. The van der Waals surface area contributed by atoms with Crippen molar-refractivity contribution in [2.75, 3.05) is 13.1 Å². The van der Waals surface area contributed by atoms with E-state index in [0.717, 1.165) is 25.9 Å². The third-order valence-electron chi connectivity index (χ3n) is 3.14. The fourth-order valence-corrected chi connectivity index (χ4v) is 2.10. The molecule has 0 saturated carbocycles. The van der Waals surface area contributed by atoms with E-state index in [0.29, 0.717) is 5.92 Å². The predicted molar refractivity (Wildman–Crippen MR) is 57.8 cm³/mol. The SMILES string of the molecule is CCC1CCN(C(=O)C(C)C)CC1N. The molecule has 3 nitrogen and oxygen atoms in total. The average molecular weight is 198 g/mol. The third kappa shape index (κ3) is 2.47. The van der Waals surface area contributed by atoms with Gasteiger partial charge in [0.2, 0.25) is 5.91 Å². The molecule has 0 aromatic heterocycles. The van der Waals surface area contributed by atoms with E-state index >= 15 is 0 Å². The second-order valence-electron chi connectivity index (χ2n) is 4.56. The van der Waals surface area contributed by atoms with Crippen LogP contribution >= 0.6 is 0 Å². The molecule has 1 rings (SSSR count). The summed E-state index contributed by atoms with van der Waals surface area (Å²) in [6.45, 7) is 7.70. The van der Waals surface area contributed by atoms with Crippen LogP contribution in [-0.4, -0.2) is 29.9 Å². The van der Waals surface area contributed by atoms with Gasteiger partial charge in [0.15, 0.2) is 0 Å². The largest absolute Gasteiger partial charge is 0.341 e. The van der Waals surface area contributed by atoms with E-state index in [1.165, 1.54) is 0 Å². The maximum absolute atomic E-state index is 11.7. The molecule has 3 heteroatoms. The van der Waals surface area contributed by atoms with Crippen LogP contribution in [0.15, 0.2) is 0 Å². The molecule has 0 aromatic carbocycles. The van der Waals surface area contributed by atoms with Gasteiger partial charge in [-0.3, -0.25) is 4.79 Å². The maximum Gasteiger partial charge on any atom is 0.225 e. The van der Waals surface area contributed by atoms with E-state index in [2.05, 4.69) is 6.92 Å². The number of likely N-dealkylation sites (tertiary alicyclic amines) is 1. The molecule has 14 heavy (non-hydrogen) atoms. The Morgan fingerprint density at radius 3 is 2.64 bits per heavy atom. The van der Waals surface area contributed by atoms with Crippen LogP contribution in [0.2, 0.25) is 0 Å². The number of carbonyl (C=O) groups is 1. The Morgan fingerprint density at radius 1 is 1.57 bits per heavy atom. The van der Waals surface area contributed by atoms with Crippen molar-refractivity contribution in [1.82, 2.24) is 4.90 Å². The highest BCUT2D eigenvalue weighted by atomic mass is 16.2. The van der Waals surface area contributed by atoms with E-state index in [1.54, 1.807) is 0 Å². The lowest BCUT2D eigenvalue weighted by atomic mass is 9.89. The number of nitrogens with two attached hydrogens (primary N) is 1. The van der Waals surface area contributed by atoms with Crippen LogP contribution in [0, 0.1) is 11.8 Å². The highest BCUT2D eigenvalue weighted by Gasteiger charge is 2.28. The van der Waals surface area contributed by atoms with Gasteiger partial charge in [-0.15, -0.1) is 0 Å². The fourth-order valence-electron chi connectivity index (χ4n) is 2.10. The standard InChI is InChI=1S/C11H22N2O/c1-4-9-5-6-13(7-10(9)12)11(14)8(2)3/h8-10H,4-7,12H2,1-3H3. The summed E-state index contributed by atoms with van der Waals surface area (Å²) in [7, 11) is 0. The first-order chi connectivity index (χ1) is 6.56. The molecule has 0 bridgehead atoms. The molecule has 1 fully saturated rings. The molecule has 0 spiro atoms. The zero-order chi connectivity index (χ0) is 10.7. The normalized spacial score (nSPS) is 28.2. The van der Waals surface area contributed by atoms with Crippen molar-refractivity contribution in [3.8, 4) is 0 Å². The number of nitrogens with zero attached hydrogens (tertiary/aromatic N) is 1. The van der Waals surface area contributed by atoms with Gasteiger partial charge in [-0.1, -0.05) is 27.2 Å². The summed E-state index contributed by atoms with van der Waals surface area (Å²) in [4.78, 5) is 13.6. The van der Waals surface area contributed by atoms with Crippen molar-refractivity contribution in [2.45, 2.75) is 39.7 Å². The molecule has 0 aromatic rings. The highest BCUT2D eigenvalue weighted by Crippen LogP contribution is 2.20. The van der Waals surface area contributed by atoms with Crippen LogP contribution in [-0.2, 0) is 4.79 Å². The van der Waals surface area contributed by atoms with Gasteiger partial charge in [0.1, 0.15) is 0 Å². The van der Waals surface area contributed by atoms with E-state index < -0.39 is 0 Å². The van der Waals surface area contributed by atoms with Gasteiger partial charge in [-0.05, 0) is 12.3 Å². The van der Waals surface area contributed by atoms with Crippen molar-refractivity contribution in [1.29, 1.82) is 0 Å². The summed E-state index contributed by atoms with van der Waals surface area (Å²) in [5.74, 6) is 0.946. The number of hydrogen-bond acceptors (Lipinski definition) is 2. The summed E-state index contributed by atoms with van der Waals surface area (Å²) in [6, 6.07) is 0.177. The van der Waals surface area contributed by atoms with Gasteiger partial charge < -0.3 is 10.6 Å². The first-order valence-electron chi connectivity index (χ1n) is 5.60. The quantitative estimate of drug-likeness (QED) is 0.725. The predicted octanol–water partition coefficient (Wildman–Crippen LogP) is 1.23. The molecule has 0 aliphatic carbocycles. The van der Waals surface area contributed by atoms with Crippen molar-refractivity contribution in [2.24, 2.45) is 17.6 Å². The van der Waals surface area contributed by atoms with Crippen molar-refractivity contribution in [3.05, 3.63) is 0 Å². The average Bonchev–Trinajstić information content (AvgIpc) is 2.16. The summed E-state index contributed by atoms with van der Waals surface area (Å²) >= 11 is 0. The second-order valence-corrected chi connectivity index (χ2v) is 4.56. The lowest BCUT2D eigenvalue weighted by Gasteiger charge is -2.37. The minimum atomic E-state index is 0.0976. The molecule has 82 valence electrons. The first-order valence-corrected chi connectivity index (χ1v) is 5.60. The Morgan fingerprint density at radius 2 is 2.21 bits per heavy atom. The highest BCUT2D eigenvalue weighted by molar-refractivity contribution is 5.78. The molecule has 1 aliphatic heterocycles. The number of carbonyl (C=O) groups excluding carboxylic acids is 1. The number of hydrogen-bond donors (Lipinski definition) is 1. The van der Waals surface area contributed by atoms with Gasteiger partial charge in [-0.25, -0.2) is 0 Å². The molecule has 1 aliphatic rings. The van der Waals surface area contributed by atoms with Crippen LogP contribution in [0.1, 0.15) is 33.6 Å². The molecule has 2 atom stereocenters. The van der Waals surface area contributed by atoms with Gasteiger partial charge >= 0.3 is 0 Å². The zero-order valence-corrected chi connectivity index (χ0v) is 9.49. The van der Waals surface area contributed by atoms with Gasteiger partial charge in [0, 0.05) is 25.0 Å². The van der Waals surface area contributed by atoms with Crippen molar-refractivity contribution in [3.63, 3.8) is 0 Å². The van der Waals surface area contributed by atoms with Gasteiger partial charge in [0.25, 0.3) is 0 Å². The Balaban J connectivity index is 2.50. The molecular weight excluding hydrogens is 176 g/mol. The molecule has 2 unspecified atom stereocenters. The molecule has 1 heterocycles. The smallest absolute Gasteiger partial charge is 0.225 e. The monoisotopic (exact) mass is 198 g/mol. The Hall–Kier alpha value is -0.570. The second kappa shape index (κ2) is 4.78. The maximum atomic E-state index is 11.7. The Bertz CT molecular complexity index is 203. The number of amides is 1. The topological polar surface area (TPSA) is 46.3 Å². The summed E-state index contributed by atoms with van der Waals surface area (Å²) in [5, 5.41) is 0. The summed E-state index contributed by atoms with van der Waals surface area (Å²) < 4.78 is 0. The number of piperidine rings is 1. The van der Waals surface area contributed by atoms with Crippen LogP contribution in [0.25, 0.3) is 0 Å². The van der Waals surface area contributed by atoms with Crippen LogP contribution in [0.4, 0.5) is 0 Å². The molecule has 0 radical (unpaired) electrons. The first kappa shape index (κ1) is 11.5. The minimum Gasteiger partial charge on any atom is -0.341 e. The van der Waals surface area contributed by atoms with E-state index in [9.17, 15) is 4.79 Å². The minimum absolute atomic E-state index is 0.0976. The lowest BCUT2D eigenvalue weighted by molar-refractivity contribution is -0.136. The van der Waals surface area contributed by atoms with E-state index in [-0.39, 0.29) is 17.9 Å². The van der Waals surface area contributed by atoms with Crippen LogP contribution < -0.4 is 5.73 Å². The number of rotatable bonds is 2. The molecule has 1 amide bonds. The van der Waals surface area contributed by atoms with Crippen molar-refractivity contribution < 1.29 is 4.79 Å². The molecule has 2 N–H and O–H groups in total. The Labute approximate surface area is 86.6 Å². The lowest BCUT2D eigenvalue weighted by Crippen LogP contribution is -2.51. The summed E-state index contributed by atoms with van der Waals surface area (Å²) in [5.41, 5.74) is 6.02. The fraction of sp³-hybridized carbons (Fsp3) is 0.909. The van der Waals surface area contributed by atoms with Gasteiger partial charge in [0.05, 0.1) is 0 Å².